The van der Waals surface area contributed by atoms with Crippen LogP contribution >= 0.6 is 0 Å². The minimum Gasteiger partial charge on any atom is -0.351 e. The molecule has 0 bridgehead atoms. The van der Waals surface area contributed by atoms with Crippen molar-refractivity contribution in [2.24, 2.45) is 5.73 Å². The molecule has 2 aromatic carbocycles. The second-order valence-electron chi connectivity index (χ2n) is 8.66. The summed E-state index contributed by atoms with van der Waals surface area (Å²) >= 11 is 0. The van der Waals surface area contributed by atoms with Gasteiger partial charge in [-0.2, -0.15) is 0 Å². The molecule has 1 aliphatic rings. The summed E-state index contributed by atoms with van der Waals surface area (Å²) in [4.78, 5) is 42.2. The molecular weight excluding hydrogens is 444 g/mol. The molecule has 3 atom stereocenters. The van der Waals surface area contributed by atoms with Crippen LogP contribution < -0.4 is 27.0 Å². The molecule has 1 aliphatic heterocycles. The molecule has 1 aromatic heterocycles. The number of benzene rings is 2. The molecule has 182 valence electrons. The summed E-state index contributed by atoms with van der Waals surface area (Å²) in [6.45, 7) is 0.367. The maximum atomic E-state index is 13.2. The number of para-hydroxylation sites is 1. The number of hydrogen-bond donors (Lipinski definition) is 5. The van der Waals surface area contributed by atoms with E-state index in [9.17, 15) is 14.4 Å². The lowest BCUT2D eigenvalue weighted by molar-refractivity contribution is -0.127. The number of carbonyl (C=O) groups is 3. The van der Waals surface area contributed by atoms with E-state index >= 15 is 0 Å². The first-order valence-electron chi connectivity index (χ1n) is 11.7. The van der Waals surface area contributed by atoms with Gasteiger partial charge in [0.05, 0.1) is 30.0 Å². The molecule has 3 amide bonds. The number of aromatic nitrogens is 1. The first-order chi connectivity index (χ1) is 17.0. The van der Waals surface area contributed by atoms with Crippen LogP contribution in [0.2, 0.25) is 0 Å². The highest BCUT2D eigenvalue weighted by molar-refractivity contribution is 5.99. The average Bonchev–Trinajstić information content (AvgIpc) is 3.35. The number of nitrogens with one attached hydrogen (secondary N) is 4. The van der Waals surface area contributed by atoms with Crippen molar-refractivity contribution in [1.82, 2.24) is 20.9 Å². The quantitative estimate of drug-likeness (QED) is 0.315. The van der Waals surface area contributed by atoms with Crippen molar-refractivity contribution >= 4 is 34.3 Å². The molecule has 0 unspecified atom stereocenters. The second kappa shape index (κ2) is 11.5. The summed E-state index contributed by atoms with van der Waals surface area (Å²) in [5, 5.41) is 12.6. The van der Waals surface area contributed by atoms with Crippen LogP contribution in [0.1, 0.15) is 18.4 Å². The Bertz CT molecular complexity index is 1190. The van der Waals surface area contributed by atoms with Crippen molar-refractivity contribution in [3.63, 3.8) is 0 Å². The Labute approximate surface area is 203 Å². The fourth-order valence-corrected chi connectivity index (χ4v) is 4.20. The summed E-state index contributed by atoms with van der Waals surface area (Å²) in [6.07, 6.45) is 3.10. The van der Waals surface area contributed by atoms with E-state index < -0.39 is 12.1 Å². The standard InChI is InChI=1S/C26H30N6O3/c27-14-24(33)30-20-13-23(29-16-20)26(35)32-22(11-10-17-6-2-1-3-7-17)25(34)31-19-12-18-8-4-5-9-21(18)28-15-19/h1-9,12,15,20,22-23,29H,10-11,13-14,16,27H2,(H,30,33)(H,31,34)(H,32,35)/t20-,22+,23+/m0/s1. The van der Waals surface area contributed by atoms with Crippen molar-refractivity contribution in [3.05, 3.63) is 72.4 Å². The third kappa shape index (κ3) is 6.62. The molecule has 0 spiro atoms. The predicted molar refractivity (Wildman–Crippen MR) is 134 cm³/mol. The van der Waals surface area contributed by atoms with Gasteiger partial charge in [0, 0.05) is 18.0 Å². The van der Waals surface area contributed by atoms with Crippen molar-refractivity contribution in [1.29, 1.82) is 0 Å². The van der Waals surface area contributed by atoms with E-state index in [1.807, 2.05) is 60.7 Å². The van der Waals surface area contributed by atoms with Gasteiger partial charge in [-0.1, -0.05) is 48.5 Å². The number of nitrogens with zero attached hydrogens (tertiary/aromatic N) is 1. The van der Waals surface area contributed by atoms with Gasteiger partial charge in [-0.05, 0) is 37.0 Å². The maximum Gasteiger partial charge on any atom is 0.247 e. The Balaban J connectivity index is 1.43. The van der Waals surface area contributed by atoms with E-state index in [4.69, 9.17) is 5.73 Å². The monoisotopic (exact) mass is 474 g/mol. The van der Waals surface area contributed by atoms with Gasteiger partial charge in [0.15, 0.2) is 0 Å². The van der Waals surface area contributed by atoms with Crippen LogP contribution in [0, 0.1) is 0 Å². The molecule has 0 saturated carbocycles. The van der Waals surface area contributed by atoms with Gasteiger partial charge in [-0.25, -0.2) is 0 Å². The molecule has 6 N–H and O–H groups in total. The zero-order valence-electron chi connectivity index (χ0n) is 19.4. The Morgan fingerprint density at radius 1 is 1.09 bits per heavy atom. The van der Waals surface area contributed by atoms with Gasteiger partial charge in [0.1, 0.15) is 6.04 Å². The summed E-state index contributed by atoms with van der Waals surface area (Å²) < 4.78 is 0. The molecule has 0 aliphatic carbocycles. The molecule has 2 heterocycles. The summed E-state index contributed by atoms with van der Waals surface area (Å²) in [6, 6.07) is 17.9. The van der Waals surface area contributed by atoms with Crippen LogP contribution in [-0.2, 0) is 20.8 Å². The van der Waals surface area contributed by atoms with Crippen LogP contribution in [0.3, 0.4) is 0 Å². The highest BCUT2D eigenvalue weighted by atomic mass is 16.2. The van der Waals surface area contributed by atoms with Crippen LogP contribution in [-0.4, -0.2) is 53.9 Å². The first kappa shape index (κ1) is 24.3. The number of rotatable bonds is 9. The van der Waals surface area contributed by atoms with Crippen LogP contribution in [0.4, 0.5) is 5.69 Å². The zero-order valence-corrected chi connectivity index (χ0v) is 19.4. The van der Waals surface area contributed by atoms with Crippen LogP contribution in [0.25, 0.3) is 10.9 Å². The molecule has 9 heteroatoms. The van der Waals surface area contributed by atoms with Crippen molar-refractivity contribution < 1.29 is 14.4 Å². The zero-order chi connectivity index (χ0) is 24.6. The second-order valence-corrected chi connectivity index (χ2v) is 8.66. The Morgan fingerprint density at radius 2 is 1.86 bits per heavy atom. The van der Waals surface area contributed by atoms with Gasteiger partial charge < -0.3 is 27.0 Å². The molecule has 35 heavy (non-hydrogen) atoms. The first-order valence-corrected chi connectivity index (χ1v) is 11.7. The minimum absolute atomic E-state index is 0.0985. The minimum atomic E-state index is -0.742. The lowest BCUT2D eigenvalue weighted by Gasteiger charge is -2.21. The lowest BCUT2D eigenvalue weighted by atomic mass is 10.0. The molecule has 3 aromatic rings. The third-order valence-corrected chi connectivity index (χ3v) is 6.05. The molecule has 1 fully saturated rings. The fourth-order valence-electron chi connectivity index (χ4n) is 4.20. The highest BCUT2D eigenvalue weighted by Crippen LogP contribution is 2.17. The lowest BCUT2D eigenvalue weighted by Crippen LogP contribution is -2.50. The van der Waals surface area contributed by atoms with E-state index in [-0.39, 0.29) is 30.3 Å². The van der Waals surface area contributed by atoms with Gasteiger partial charge in [-0.15, -0.1) is 0 Å². The number of nitrogens with two attached hydrogens (primary N) is 1. The van der Waals surface area contributed by atoms with Gasteiger partial charge >= 0.3 is 0 Å². The van der Waals surface area contributed by atoms with E-state index in [1.54, 1.807) is 6.20 Å². The maximum absolute atomic E-state index is 13.2. The van der Waals surface area contributed by atoms with Crippen molar-refractivity contribution in [2.45, 2.75) is 37.4 Å². The molecule has 0 radical (unpaired) electrons. The Kier molecular flexibility index (Phi) is 8.02. The van der Waals surface area contributed by atoms with E-state index in [2.05, 4.69) is 26.3 Å². The molecule has 1 saturated heterocycles. The van der Waals surface area contributed by atoms with E-state index in [0.29, 0.717) is 31.5 Å². The Hall–Kier alpha value is -3.82. The number of fused-ring (bicyclic) bond motifs is 1. The molecule has 4 rings (SSSR count). The normalized spacial score (nSPS) is 18.1. The number of aryl methyl sites for hydroxylation is 1. The van der Waals surface area contributed by atoms with Gasteiger partial charge in [0.2, 0.25) is 17.7 Å². The predicted octanol–water partition coefficient (Wildman–Crippen LogP) is 1.10. The summed E-state index contributed by atoms with van der Waals surface area (Å²) in [5.41, 5.74) is 7.84. The van der Waals surface area contributed by atoms with E-state index in [0.717, 1.165) is 16.5 Å². The number of hydrogen-bond acceptors (Lipinski definition) is 6. The summed E-state index contributed by atoms with van der Waals surface area (Å²) in [5.74, 6) is -0.848. The smallest absolute Gasteiger partial charge is 0.247 e. The molecular formula is C26H30N6O3. The van der Waals surface area contributed by atoms with Crippen LogP contribution in [0.5, 0.6) is 0 Å². The van der Waals surface area contributed by atoms with Crippen molar-refractivity contribution in [3.8, 4) is 0 Å². The van der Waals surface area contributed by atoms with Crippen LogP contribution in [0.15, 0.2) is 66.9 Å². The number of pyridine rings is 1. The average molecular weight is 475 g/mol. The third-order valence-electron chi connectivity index (χ3n) is 6.05. The van der Waals surface area contributed by atoms with Gasteiger partial charge in [-0.3, -0.25) is 19.4 Å². The largest absolute Gasteiger partial charge is 0.351 e. The van der Waals surface area contributed by atoms with Gasteiger partial charge in [0.25, 0.3) is 0 Å². The molecule has 9 nitrogen and oxygen atoms in total. The highest BCUT2D eigenvalue weighted by Gasteiger charge is 2.32. The van der Waals surface area contributed by atoms with Crippen molar-refractivity contribution in [2.75, 3.05) is 18.4 Å². The summed E-state index contributed by atoms with van der Waals surface area (Å²) in [7, 11) is 0. The number of anilines is 1. The fraction of sp³-hybridized carbons (Fsp3) is 0.308. The van der Waals surface area contributed by atoms with E-state index in [1.165, 1.54) is 0 Å². The Morgan fingerprint density at radius 3 is 2.66 bits per heavy atom. The number of carbonyl (C=O) groups excluding carboxylic acids is 3. The SMILES string of the molecule is NCC(=O)N[C@@H]1CN[C@@H](C(=O)N[C@H](CCc2ccccc2)C(=O)Nc2cnc3ccccc3c2)C1. The number of amides is 3. The topological polar surface area (TPSA) is 138 Å².